The summed E-state index contributed by atoms with van der Waals surface area (Å²) in [4.78, 5) is 4.65. The second-order valence-electron chi connectivity index (χ2n) is 3.75. The summed E-state index contributed by atoms with van der Waals surface area (Å²) in [7, 11) is -3.68. The van der Waals surface area contributed by atoms with E-state index in [9.17, 15) is 12.8 Å². The van der Waals surface area contributed by atoms with Gasteiger partial charge < -0.3 is 5.73 Å². The van der Waals surface area contributed by atoms with Crippen molar-refractivity contribution in [1.29, 1.82) is 0 Å². The molecular weight excluding hydrogens is 289 g/mol. The summed E-state index contributed by atoms with van der Waals surface area (Å²) in [6, 6.07) is 3.55. The lowest BCUT2D eigenvalue weighted by molar-refractivity contribution is 0.579. The molecule has 0 amide bonds. The monoisotopic (exact) mass is 301 g/mol. The van der Waals surface area contributed by atoms with Crippen LogP contribution < -0.4 is 10.5 Å². The van der Waals surface area contributed by atoms with E-state index in [1.807, 2.05) is 0 Å². The topological polar surface area (TPSA) is 85.1 Å². The number of nitrogens with one attached hydrogen (secondary N) is 1. The van der Waals surface area contributed by atoms with Gasteiger partial charge in [-0.1, -0.05) is 0 Å². The van der Waals surface area contributed by atoms with Crippen LogP contribution in [-0.4, -0.2) is 13.4 Å². The molecule has 1 aromatic heterocycles. The Morgan fingerprint density at radius 2 is 2.21 bits per heavy atom. The van der Waals surface area contributed by atoms with E-state index < -0.39 is 15.8 Å². The van der Waals surface area contributed by atoms with Crippen LogP contribution >= 0.6 is 11.3 Å². The van der Waals surface area contributed by atoms with Gasteiger partial charge in [-0.2, -0.15) is 0 Å². The number of rotatable bonds is 5. The molecule has 0 unspecified atom stereocenters. The highest BCUT2D eigenvalue weighted by atomic mass is 32.2. The Morgan fingerprint density at radius 1 is 1.42 bits per heavy atom. The molecule has 0 spiro atoms. The van der Waals surface area contributed by atoms with Crippen molar-refractivity contribution in [3.63, 3.8) is 0 Å². The second kappa shape index (κ2) is 5.74. The zero-order valence-electron chi connectivity index (χ0n) is 9.84. The first-order valence-corrected chi connectivity index (χ1v) is 7.75. The molecule has 0 atom stereocenters. The maximum absolute atomic E-state index is 13.3. The van der Waals surface area contributed by atoms with Crippen molar-refractivity contribution in [1.82, 2.24) is 9.71 Å². The zero-order chi connectivity index (χ0) is 13.9. The Bertz CT molecular complexity index is 657. The molecule has 0 saturated heterocycles. The van der Waals surface area contributed by atoms with Crippen LogP contribution in [0.1, 0.15) is 10.4 Å². The number of nitrogens with zero attached hydrogens (tertiary/aromatic N) is 1. The van der Waals surface area contributed by atoms with Gasteiger partial charge in [-0.25, -0.2) is 17.5 Å². The van der Waals surface area contributed by atoms with Crippen molar-refractivity contribution < 1.29 is 12.8 Å². The van der Waals surface area contributed by atoms with E-state index in [-0.39, 0.29) is 23.5 Å². The van der Waals surface area contributed by atoms with Gasteiger partial charge in [0.2, 0.25) is 10.0 Å². The standard InChI is InChI=1S/C11H12FN3O2S2/c12-11-2-1-10(3-8(11)4-13)19(16,17)15-6-9-5-14-7-18-9/h1-3,5,7,15H,4,6,13H2. The van der Waals surface area contributed by atoms with Crippen LogP contribution in [0, 0.1) is 5.82 Å². The highest BCUT2D eigenvalue weighted by Gasteiger charge is 2.15. The van der Waals surface area contributed by atoms with Gasteiger partial charge in [0.1, 0.15) is 5.82 Å². The number of aromatic nitrogens is 1. The van der Waals surface area contributed by atoms with E-state index in [1.165, 1.54) is 23.5 Å². The van der Waals surface area contributed by atoms with Crippen LogP contribution in [0.3, 0.4) is 0 Å². The Hall–Kier alpha value is -1.35. The number of halogens is 1. The molecule has 8 heteroatoms. The van der Waals surface area contributed by atoms with Gasteiger partial charge in [-0.15, -0.1) is 11.3 Å². The zero-order valence-corrected chi connectivity index (χ0v) is 11.5. The molecule has 1 aromatic carbocycles. The van der Waals surface area contributed by atoms with E-state index >= 15 is 0 Å². The van der Waals surface area contributed by atoms with E-state index in [0.29, 0.717) is 0 Å². The lowest BCUT2D eigenvalue weighted by atomic mass is 10.2. The summed E-state index contributed by atoms with van der Waals surface area (Å²) >= 11 is 1.35. The minimum absolute atomic E-state index is 0.00105. The number of sulfonamides is 1. The van der Waals surface area contributed by atoms with Crippen LogP contribution in [0.5, 0.6) is 0 Å². The molecule has 1 heterocycles. The number of hydrogen-bond donors (Lipinski definition) is 2. The van der Waals surface area contributed by atoms with Crippen molar-refractivity contribution in [3.05, 3.63) is 46.2 Å². The molecule has 0 aliphatic rings. The Kier molecular flexibility index (Phi) is 4.25. The fourth-order valence-electron chi connectivity index (χ4n) is 1.45. The molecule has 19 heavy (non-hydrogen) atoms. The van der Waals surface area contributed by atoms with E-state index in [0.717, 1.165) is 10.9 Å². The van der Waals surface area contributed by atoms with Gasteiger partial charge >= 0.3 is 0 Å². The molecular formula is C11H12FN3O2S2. The fraction of sp³-hybridized carbons (Fsp3) is 0.182. The Morgan fingerprint density at radius 3 is 2.84 bits per heavy atom. The van der Waals surface area contributed by atoms with Gasteiger partial charge in [-0.05, 0) is 18.2 Å². The lowest BCUT2D eigenvalue weighted by Gasteiger charge is -2.07. The average Bonchev–Trinajstić information content (AvgIpc) is 2.90. The minimum Gasteiger partial charge on any atom is -0.326 e. The largest absolute Gasteiger partial charge is 0.326 e. The Labute approximate surface area is 114 Å². The summed E-state index contributed by atoms with van der Waals surface area (Å²) in [5.74, 6) is -0.510. The van der Waals surface area contributed by atoms with E-state index in [2.05, 4.69) is 9.71 Å². The smallest absolute Gasteiger partial charge is 0.240 e. The first-order valence-electron chi connectivity index (χ1n) is 5.38. The summed E-state index contributed by atoms with van der Waals surface area (Å²) in [5.41, 5.74) is 7.14. The van der Waals surface area contributed by atoms with Gasteiger partial charge in [0, 0.05) is 29.7 Å². The molecule has 2 aromatic rings. The summed E-state index contributed by atoms with van der Waals surface area (Å²) in [6.45, 7) is 0.104. The van der Waals surface area contributed by atoms with Crippen LogP contribution in [0.4, 0.5) is 4.39 Å². The van der Waals surface area contributed by atoms with E-state index in [4.69, 9.17) is 5.73 Å². The van der Waals surface area contributed by atoms with Crippen LogP contribution in [-0.2, 0) is 23.1 Å². The number of thiazole rings is 1. The predicted molar refractivity (Wildman–Crippen MR) is 70.4 cm³/mol. The Balaban J connectivity index is 2.19. The highest BCUT2D eigenvalue weighted by Crippen LogP contribution is 2.15. The van der Waals surface area contributed by atoms with Crippen molar-refractivity contribution in [2.45, 2.75) is 18.0 Å². The van der Waals surface area contributed by atoms with Crippen LogP contribution in [0.15, 0.2) is 34.8 Å². The number of benzene rings is 1. The molecule has 0 saturated carbocycles. The summed E-state index contributed by atoms with van der Waals surface area (Å²) in [6.07, 6.45) is 1.59. The maximum atomic E-state index is 13.3. The molecule has 0 radical (unpaired) electrons. The van der Waals surface area contributed by atoms with E-state index in [1.54, 1.807) is 11.7 Å². The number of hydrogen-bond acceptors (Lipinski definition) is 5. The minimum atomic E-state index is -3.68. The van der Waals surface area contributed by atoms with Crippen molar-refractivity contribution >= 4 is 21.4 Å². The first kappa shape index (κ1) is 14.1. The first-order chi connectivity index (χ1) is 9.03. The average molecular weight is 301 g/mol. The highest BCUT2D eigenvalue weighted by molar-refractivity contribution is 7.89. The normalized spacial score (nSPS) is 11.7. The molecule has 102 valence electrons. The maximum Gasteiger partial charge on any atom is 0.240 e. The summed E-state index contributed by atoms with van der Waals surface area (Å²) < 4.78 is 39.7. The van der Waals surface area contributed by atoms with Gasteiger partial charge in [0.15, 0.2) is 0 Å². The molecule has 0 aliphatic carbocycles. The van der Waals surface area contributed by atoms with Crippen LogP contribution in [0.25, 0.3) is 0 Å². The fourth-order valence-corrected chi connectivity index (χ4v) is 3.14. The van der Waals surface area contributed by atoms with Gasteiger partial charge in [-0.3, -0.25) is 4.98 Å². The molecule has 2 rings (SSSR count). The number of nitrogens with two attached hydrogens (primary N) is 1. The third kappa shape index (κ3) is 3.35. The molecule has 5 nitrogen and oxygen atoms in total. The third-order valence-corrected chi connectivity index (χ3v) is 4.65. The summed E-state index contributed by atoms with van der Waals surface area (Å²) in [5, 5.41) is 0. The molecule has 3 N–H and O–H groups in total. The van der Waals surface area contributed by atoms with Gasteiger partial charge in [0.05, 0.1) is 10.4 Å². The third-order valence-electron chi connectivity index (χ3n) is 2.47. The lowest BCUT2D eigenvalue weighted by Crippen LogP contribution is -2.23. The quantitative estimate of drug-likeness (QED) is 0.869. The van der Waals surface area contributed by atoms with Crippen molar-refractivity contribution in [2.75, 3.05) is 0 Å². The SMILES string of the molecule is NCc1cc(S(=O)(=O)NCc2cncs2)ccc1F. The van der Waals surface area contributed by atoms with Gasteiger partial charge in [0.25, 0.3) is 0 Å². The predicted octanol–water partition coefficient (Wildman–Crippen LogP) is 1.22. The second-order valence-corrected chi connectivity index (χ2v) is 6.49. The van der Waals surface area contributed by atoms with Crippen molar-refractivity contribution in [3.8, 4) is 0 Å². The molecule has 0 aliphatic heterocycles. The molecule has 0 fully saturated rings. The molecule has 0 bridgehead atoms. The van der Waals surface area contributed by atoms with Crippen LogP contribution in [0.2, 0.25) is 0 Å². The van der Waals surface area contributed by atoms with Crippen molar-refractivity contribution in [2.24, 2.45) is 5.73 Å².